The van der Waals surface area contributed by atoms with Crippen molar-refractivity contribution in [2.45, 2.75) is 39.8 Å². The molecule has 7 nitrogen and oxygen atoms in total. The number of sulfonamides is 1. The monoisotopic (exact) mass is 513 g/mol. The molecule has 0 radical (unpaired) electrons. The highest BCUT2D eigenvalue weighted by molar-refractivity contribution is 7.92. The molecule has 0 aromatic heterocycles. The summed E-state index contributed by atoms with van der Waals surface area (Å²) in [6.45, 7) is 5.63. The lowest BCUT2D eigenvalue weighted by molar-refractivity contribution is -0.139. The van der Waals surface area contributed by atoms with Crippen molar-refractivity contribution < 1.29 is 18.0 Å². The van der Waals surface area contributed by atoms with Gasteiger partial charge in [-0.05, 0) is 44.0 Å². The number of rotatable bonds is 10. The van der Waals surface area contributed by atoms with E-state index in [4.69, 9.17) is 23.2 Å². The SMILES string of the molecule is CCCNC(=O)C(C)N(Cc1cccc(C)c1)C(=O)CN(c1ccc(Cl)c(Cl)c1)S(C)(=O)=O. The first kappa shape index (κ1) is 27.0. The van der Waals surface area contributed by atoms with E-state index in [0.717, 1.165) is 28.1 Å². The lowest BCUT2D eigenvalue weighted by atomic mass is 10.1. The minimum atomic E-state index is -3.83. The van der Waals surface area contributed by atoms with E-state index in [1.807, 2.05) is 38.1 Å². The molecule has 0 saturated heterocycles. The molecule has 0 saturated carbocycles. The number of carbonyl (C=O) groups is 2. The Morgan fingerprint density at radius 2 is 1.79 bits per heavy atom. The Morgan fingerprint density at radius 1 is 1.09 bits per heavy atom. The highest BCUT2D eigenvalue weighted by atomic mass is 35.5. The van der Waals surface area contributed by atoms with Gasteiger partial charge < -0.3 is 10.2 Å². The van der Waals surface area contributed by atoms with Gasteiger partial charge in [0.25, 0.3) is 0 Å². The maximum absolute atomic E-state index is 13.4. The summed E-state index contributed by atoms with van der Waals surface area (Å²) in [5.41, 5.74) is 2.05. The van der Waals surface area contributed by atoms with Crippen molar-refractivity contribution in [1.29, 1.82) is 0 Å². The van der Waals surface area contributed by atoms with Gasteiger partial charge in [-0.1, -0.05) is 60.0 Å². The number of hydrogen-bond donors (Lipinski definition) is 1. The zero-order valence-electron chi connectivity index (χ0n) is 19.1. The van der Waals surface area contributed by atoms with Gasteiger partial charge in [-0.3, -0.25) is 13.9 Å². The van der Waals surface area contributed by atoms with Crippen molar-refractivity contribution in [3.05, 3.63) is 63.6 Å². The molecule has 1 atom stereocenters. The number of benzene rings is 2. The molecular formula is C23H29Cl2N3O4S. The first-order chi connectivity index (χ1) is 15.4. The lowest BCUT2D eigenvalue weighted by Gasteiger charge is -2.31. The van der Waals surface area contributed by atoms with E-state index in [0.29, 0.717) is 6.54 Å². The summed E-state index contributed by atoms with van der Waals surface area (Å²) in [5, 5.41) is 3.23. The summed E-state index contributed by atoms with van der Waals surface area (Å²) >= 11 is 12.0. The average Bonchev–Trinajstić information content (AvgIpc) is 2.74. The van der Waals surface area contributed by atoms with Gasteiger partial charge in [-0.25, -0.2) is 8.42 Å². The summed E-state index contributed by atoms with van der Waals surface area (Å²) in [6, 6.07) is 11.1. The van der Waals surface area contributed by atoms with Crippen molar-refractivity contribution in [3.63, 3.8) is 0 Å². The van der Waals surface area contributed by atoms with E-state index >= 15 is 0 Å². The molecule has 0 aliphatic rings. The maximum Gasteiger partial charge on any atom is 0.244 e. The van der Waals surface area contributed by atoms with Crippen LogP contribution in [0, 0.1) is 6.92 Å². The van der Waals surface area contributed by atoms with Crippen LogP contribution in [0.1, 0.15) is 31.4 Å². The number of anilines is 1. The Morgan fingerprint density at radius 3 is 2.36 bits per heavy atom. The smallest absolute Gasteiger partial charge is 0.244 e. The Bertz CT molecular complexity index is 1110. The van der Waals surface area contributed by atoms with E-state index in [1.165, 1.54) is 23.1 Å². The second kappa shape index (κ2) is 11.7. The minimum absolute atomic E-state index is 0.153. The number of carbonyl (C=O) groups excluding carboxylic acids is 2. The highest BCUT2D eigenvalue weighted by Gasteiger charge is 2.30. The normalized spacial score (nSPS) is 12.2. The second-order valence-corrected chi connectivity index (χ2v) is 10.6. The van der Waals surface area contributed by atoms with Gasteiger partial charge in [0, 0.05) is 13.1 Å². The fourth-order valence-corrected chi connectivity index (χ4v) is 4.37. The Kier molecular flexibility index (Phi) is 9.57. The quantitative estimate of drug-likeness (QED) is 0.519. The molecule has 0 heterocycles. The van der Waals surface area contributed by atoms with E-state index in [9.17, 15) is 18.0 Å². The van der Waals surface area contributed by atoms with Gasteiger partial charge >= 0.3 is 0 Å². The zero-order valence-corrected chi connectivity index (χ0v) is 21.5. The summed E-state index contributed by atoms with van der Waals surface area (Å²) in [6.07, 6.45) is 1.76. The van der Waals surface area contributed by atoms with Crippen LogP contribution < -0.4 is 9.62 Å². The molecule has 1 unspecified atom stereocenters. The number of nitrogens with zero attached hydrogens (tertiary/aromatic N) is 2. The molecule has 2 aromatic rings. The summed E-state index contributed by atoms with van der Waals surface area (Å²) in [5.74, 6) is -0.828. The summed E-state index contributed by atoms with van der Waals surface area (Å²) in [7, 11) is -3.83. The molecule has 0 aliphatic carbocycles. The Balaban J connectivity index is 2.39. The van der Waals surface area contributed by atoms with Crippen LogP contribution in [0.4, 0.5) is 5.69 Å². The van der Waals surface area contributed by atoms with Crippen LogP contribution in [0.15, 0.2) is 42.5 Å². The number of halogens is 2. The van der Waals surface area contributed by atoms with Crippen LogP contribution >= 0.6 is 23.2 Å². The van der Waals surface area contributed by atoms with Crippen LogP contribution in [0.3, 0.4) is 0 Å². The van der Waals surface area contributed by atoms with E-state index in [-0.39, 0.29) is 28.2 Å². The molecule has 2 amide bonds. The van der Waals surface area contributed by atoms with Crippen molar-refractivity contribution >= 4 is 50.7 Å². The molecule has 0 fully saturated rings. The van der Waals surface area contributed by atoms with Crippen molar-refractivity contribution in [3.8, 4) is 0 Å². The van der Waals surface area contributed by atoms with Crippen LogP contribution in [0.5, 0.6) is 0 Å². The largest absolute Gasteiger partial charge is 0.354 e. The molecule has 33 heavy (non-hydrogen) atoms. The summed E-state index contributed by atoms with van der Waals surface area (Å²) in [4.78, 5) is 27.5. The third-order valence-corrected chi connectivity index (χ3v) is 6.90. The second-order valence-electron chi connectivity index (χ2n) is 7.85. The first-order valence-corrected chi connectivity index (χ1v) is 13.1. The Hall–Kier alpha value is -2.29. The fraction of sp³-hybridized carbons (Fsp3) is 0.391. The van der Waals surface area contributed by atoms with Crippen LogP contribution in [-0.2, 0) is 26.2 Å². The van der Waals surface area contributed by atoms with E-state index in [2.05, 4.69) is 5.32 Å². The molecule has 0 spiro atoms. The third-order valence-electron chi connectivity index (χ3n) is 5.02. The molecular weight excluding hydrogens is 485 g/mol. The molecule has 0 bridgehead atoms. The highest BCUT2D eigenvalue weighted by Crippen LogP contribution is 2.28. The first-order valence-electron chi connectivity index (χ1n) is 10.5. The number of hydrogen-bond acceptors (Lipinski definition) is 4. The minimum Gasteiger partial charge on any atom is -0.354 e. The van der Waals surface area contributed by atoms with E-state index in [1.54, 1.807) is 6.92 Å². The van der Waals surface area contributed by atoms with Gasteiger partial charge in [0.1, 0.15) is 12.6 Å². The molecule has 2 rings (SSSR count). The number of aryl methyl sites for hydroxylation is 1. The summed E-state index contributed by atoms with van der Waals surface area (Å²) < 4.78 is 26.0. The maximum atomic E-state index is 13.4. The number of nitrogens with one attached hydrogen (secondary N) is 1. The topological polar surface area (TPSA) is 86.8 Å². The molecule has 10 heteroatoms. The van der Waals surface area contributed by atoms with Gasteiger partial charge in [0.05, 0.1) is 22.0 Å². The standard InChI is InChI=1S/C23H29Cl2N3O4S/c1-5-11-26-23(30)17(3)27(14-18-8-6-7-16(2)12-18)22(29)15-28(33(4,31)32)19-9-10-20(24)21(25)13-19/h6-10,12-13,17H,5,11,14-15H2,1-4H3,(H,26,30). The average molecular weight is 514 g/mol. The van der Waals surface area contributed by atoms with Gasteiger partial charge in [-0.15, -0.1) is 0 Å². The fourth-order valence-electron chi connectivity index (χ4n) is 3.24. The van der Waals surface area contributed by atoms with Crippen LogP contribution in [0.25, 0.3) is 0 Å². The van der Waals surface area contributed by atoms with Crippen LogP contribution in [0.2, 0.25) is 10.0 Å². The van der Waals surface area contributed by atoms with Crippen LogP contribution in [-0.4, -0.2) is 50.5 Å². The molecule has 1 N–H and O–H groups in total. The zero-order chi connectivity index (χ0) is 24.8. The van der Waals surface area contributed by atoms with Gasteiger partial charge in [0.2, 0.25) is 21.8 Å². The Labute approximate surface area is 205 Å². The molecule has 0 aliphatic heterocycles. The van der Waals surface area contributed by atoms with Crippen molar-refractivity contribution in [2.75, 3.05) is 23.7 Å². The van der Waals surface area contributed by atoms with E-state index < -0.39 is 28.5 Å². The molecule has 2 aromatic carbocycles. The van der Waals surface area contributed by atoms with Gasteiger partial charge in [-0.2, -0.15) is 0 Å². The third kappa shape index (κ3) is 7.62. The van der Waals surface area contributed by atoms with Crippen molar-refractivity contribution in [2.24, 2.45) is 0 Å². The molecule has 180 valence electrons. The lowest BCUT2D eigenvalue weighted by Crippen LogP contribution is -2.51. The van der Waals surface area contributed by atoms with Crippen molar-refractivity contribution in [1.82, 2.24) is 10.2 Å². The number of amides is 2. The predicted molar refractivity (Wildman–Crippen MR) is 133 cm³/mol. The predicted octanol–water partition coefficient (Wildman–Crippen LogP) is 4.01. The van der Waals surface area contributed by atoms with Gasteiger partial charge in [0.15, 0.2) is 0 Å².